The molecule has 0 aliphatic carbocycles. The Labute approximate surface area is 99.0 Å². The average molecular weight is 283 g/mol. The molecule has 0 amide bonds. The summed E-state index contributed by atoms with van der Waals surface area (Å²) in [7, 11) is 0. The van der Waals surface area contributed by atoms with Gasteiger partial charge in [-0.05, 0) is 22.0 Å². The van der Waals surface area contributed by atoms with Crippen LogP contribution in [0.1, 0.15) is 0 Å². The van der Waals surface area contributed by atoms with Gasteiger partial charge in [-0.25, -0.2) is 4.68 Å². The number of hydrogen-bond acceptors (Lipinski definition) is 4. The summed E-state index contributed by atoms with van der Waals surface area (Å²) in [6.45, 7) is 0. The Hall–Kier alpha value is -1.89. The van der Waals surface area contributed by atoms with Crippen molar-refractivity contribution in [2.45, 2.75) is 0 Å². The van der Waals surface area contributed by atoms with Gasteiger partial charge in [-0.15, -0.1) is 0 Å². The fourth-order valence-electron chi connectivity index (χ4n) is 1.26. The number of nitrogens with zero attached hydrogens (tertiary/aromatic N) is 3. The van der Waals surface area contributed by atoms with Gasteiger partial charge in [0.25, 0.3) is 5.69 Å². The number of nitrogen functional groups attached to an aromatic ring is 1. The molecule has 1 heterocycles. The molecule has 2 aromatic rings. The first-order valence-electron chi connectivity index (χ1n) is 4.33. The first-order valence-corrected chi connectivity index (χ1v) is 5.12. The molecule has 16 heavy (non-hydrogen) atoms. The summed E-state index contributed by atoms with van der Waals surface area (Å²) in [6, 6.07) is 6.06. The van der Waals surface area contributed by atoms with E-state index in [9.17, 15) is 10.1 Å². The zero-order valence-electron chi connectivity index (χ0n) is 8.00. The van der Waals surface area contributed by atoms with E-state index in [1.807, 2.05) is 0 Å². The van der Waals surface area contributed by atoms with Crippen LogP contribution >= 0.6 is 15.9 Å². The van der Waals surface area contributed by atoms with Gasteiger partial charge in [0.15, 0.2) is 0 Å². The van der Waals surface area contributed by atoms with Gasteiger partial charge in [0, 0.05) is 28.9 Å². The lowest BCUT2D eigenvalue weighted by molar-refractivity contribution is -0.384. The van der Waals surface area contributed by atoms with Crippen molar-refractivity contribution < 1.29 is 4.92 Å². The molecule has 0 saturated heterocycles. The highest BCUT2D eigenvalue weighted by molar-refractivity contribution is 9.10. The molecule has 0 bridgehead atoms. The topological polar surface area (TPSA) is 87.0 Å². The Kier molecular flexibility index (Phi) is 2.61. The number of nitro groups is 1. The minimum absolute atomic E-state index is 0.00673. The van der Waals surface area contributed by atoms with Crippen LogP contribution in [0.25, 0.3) is 5.69 Å². The molecule has 0 aliphatic rings. The monoisotopic (exact) mass is 282 g/mol. The molecule has 0 fully saturated rings. The van der Waals surface area contributed by atoms with Gasteiger partial charge in [-0.3, -0.25) is 10.1 Å². The molecular formula is C9H7BrN4O2. The number of nitro benzene ring substituents is 1. The predicted octanol–water partition coefficient (Wildman–Crippen LogP) is 2.13. The van der Waals surface area contributed by atoms with E-state index in [1.165, 1.54) is 16.8 Å². The van der Waals surface area contributed by atoms with Crippen LogP contribution in [0.3, 0.4) is 0 Å². The Bertz CT molecular complexity index is 552. The number of anilines is 1. The van der Waals surface area contributed by atoms with Gasteiger partial charge in [0.2, 0.25) is 0 Å². The number of non-ortho nitro benzene ring substituents is 1. The highest BCUT2D eigenvalue weighted by atomic mass is 79.9. The fraction of sp³-hybridized carbons (Fsp3) is 0. The third kappa shape index (κ3) is 1.89. The molecule has 82 valence electrons. The van der Waals surface area contributed by atoms with E-state index in [-0.39, 0.29) is 5.69 Å². The van der Waals surface area contributed by atoms with Gasteiger partial charge < -0.3 is 5.73 Å². The van der Waals surface area contributed by atoms with Crippen LogP contribution in [0.4, 0.5) is 11.5 Å². The lowest BCUT2D eigenvalue weighted by Crippen LogP contribution is -1.99. The van der Waals surface area contributed by atoms with E-state index in [0.29, 0.717) is 16.0 Å². The van der Waals surface area contributed by atoms with Crippen LogP contribution in [0.5, 0.6) is 0 Å². The molecule has 2 N–H and O–H groups in total. The van der Waals surface area contributed by atoms with Crippen molar-refractivity contribution in [1.29, 1.82) is 0 Å². The molecule has 0 unspecified atom stereocenters. The van der Waals surface area contributed by atoms with Crippen molar-refractivity contribution in [3.05, 3.63) is 45.0 Å². The second-order valence-corrected chi connectivity index (χ2v) is 3.93. The second kappa shape index (κ2) is 3.93. The first kappa shape index (κ1) is 10.6. The van der Waals surface area contributed by atoms with E-state index < -0.39 is 4.92 Å². The number of nitrogens with two attached hydrogens (primary N) is 1. The quantitative estimate of drug-likeness (QED) is 0.675. The van der Waals surface area contributed by atoms with E-state index in [2.05, 4.69) is 21.0 Å². The number of benzene rings is 1. The van der Waals surface area contributed by atoms with Gasteiger partial charge >= 0.3 is 0 Å². The minimum Gasteiger partial charge on any atom is -0.382 e. The van der Waals surface area contributed by atoms with Gasteiger partial charge in [-0.2, -0.15) is 5.10 Å². The molecular weight excluding hydrogens is 276 g/mol. The van der Waals surface area contributed by atoms with E-state index >= 15 is 0 Å². The summed E-state index contributed by atoms with van der Waals surface area (Å²) < 4.78 is 2.19. The zero-order valence-corrected chi connectivity index (χ0v) is 9.59. The lowest BCUT2D eigenvalue weighted by atomic mass is 10.3. The summed E-state index contributed by atoms with van der Waals surface area (Å²) >= 11 is 3.30. The lowest BCUT2D eigenvalue weighted by Gasteiger charge is -2.03. The molecule has 0 radical (unpaired) electrons. The Morgan fingerprint density at radius 3 is 2.75 bits per heavy atom. The maximum atomic E-state index is 10.6. The molecule has 1 aromatic carbocycles. The van der Waals surface area contributed by atoms with Gasteiger partial charge in [-0.1, -0.05) is 0 Å². The normalized spacial score (nSPS) is 10.3. The molecule has 0 aliphatic heterocycles. The standard InChI is InChI=1S/C9H7BrN4O2/c10-7-2-1-6(14(15)16)5-8(7)13-4-3-9(11)12-13/h1-5H,(H2,11,12). The van der Waals surface area contributed by atoms with Gasteiger partial charge in [0.05, 0.1) is 10.6 Å². The highest BCUT2D eigenvalue weighted by Crippen LogP contribution is 2.25. The fourth-order valence-corrected chi connectivity index (χ4v) is 1.69. The minimum atomic E-state index is -0.456. The van der Waals surface area contributed by atoms with Crippen molar-refractivity contribution in [1.82, 2.24) is 9.78 Å². The van der Waals surface area contributed by atoms with Crippen LogP contribution in [-0.4, -0.2) is 14.7 Å². The number of aromatic nitrogens is 2. The van der Waals surface area contributed by atoms with E-state index in [1.54, 1.807) is 18.3 Å². The number of halogens is 1. The third-order valence-corrected chi connectivity index (χ3v) is 2.67. The maximum Gasteiger partial charge on any atom is 0.271 e. The zero-order chi connectivity index (χ0) is 11.7. The molecule has 6 nitrogen and oxygen atoms in total. The number of rotatable bonds is 2. The summed E-state index contributed by atoms with van der Waals surface area (Å²) in [5.74, 6) is 0.360. The van der Waals surface area contributed by atoms with Crippen molar-refractivity contribution >= 4 is 27.4 Å². The van der Waals surface area contributed by atoms with Crippen LogP contribution < -0.4 is 5.73 Å². The average Bonchev–Trinajstić information content (AvgIpc) is 2.65. The smallest absolute Gasteiger partial charge is 0.271 e. The molecule has 0 spiro atoms. The molecule has 0 atom stereocenters. The highest BCUT2D eigenvalue weighted by Gasteiger charge is 2.11. The van der Waals surface area contributed by atoms with Crippen molar-refractivity contribution in [3.63, 3.8) is 0 Å². The summed E-state index contributed by atoms with van der Waals surface area (Å²) in [5.41, 5.74) is 6.06. The molecule has 2 rings (SSSR count). The predicted molar refractivity (Wildman–Crippen MR) is 62.3 cm³/mol. The summed E-state index contributed by atoms with van der Waals surface area (Å²) in [4.78, 5) is 10.2. The Morgan fingerprint density at radius 1 is 1.44 bits per heavy atom. The molecule has 1 aromatic heterocycles. The van der Waals surface area contributed by atoms with Crippen molar-refractivity contribution in [3.8, 4) is 5.69 Å². The van der Waals surface area contributed by atoms with Crippen molar-refractivity contribution in [2.75, 3.05) is 5.73 Å². The molecule has 0 saturated carbocycles. The second-order valence-electron chi connectivity index (χ2n) is 3.08. The number of hydrogen-bond donors (Lipinski definition) is 1. The first-order chi connectivity index (χ1) is 7.58. The van der Waals surface area contributed by atoms with Crippen LogP contribution in [0, 0.1) is 10.1 Å². The van der Waals surface area contributed by atoms with E-state index in [4.69, 9.17) is 5.73 Å². The Balaban J connectivity index is 2.55. The van der Waals surface area contributed by atoms with Gasteiger partial charge in [0.1, 0.15) is 5.82 Å². The van der Waals surface area contributed by atoms with Crippen molar-refractivity contribution in [2.24, 2.45) is 0 Å². The van der Waals surface area contributed by atoms with Crippen LogP contribution in [0.2, 0.25) is 0 Å². The summed E-state index contributed by atoms with van der Waals surface area (Å²) in [5, 5.41) is 14.6. The SMILES string of the molecule is Nc1ccn(-c2cc([N+](=O)[O-])ccc2Br)n1. The van der Waals surface area contributed by atoms with Crippen LogP contribution in [-0.2, 0) is 0 Å². The largest absolute Gasteiger partial charge is 0.382 e. The Morgan fingerprint density at radius 2 is 2.19 bits per heavy atom. The third-order valence-electron chi connectivity index (χ3n) is 2.00. The van der Waals surface area contributed by atoms with Crippen LogP contribution in [0.15, 0.2) is 34.9 Å². The molecule has 7 heteroatoms. The maximum absolute atomic E-state index is 10.6. The summed E-state index contributed by atoms with van der Waals surface area (Å²) in [6.07, 6.45) is 1.64. The van der Waals surface area contributed by atoms with E-state index in [0.717, 1.165) is 0 Å².